The molecule has 1 fully saturated rings. The Bertz CT molecular complexity index is 196. The molecule has 0 unspecified atom stereocenters. The molecule has 0 aliphatic carbocycles. The average molecular weight is 246 g/mol. The molecule has 0 spiro atoms. The Morgan fingerprint density at radius 3 is 2.00 bits per heavy atom. The lowest BCUT2D eigenvalue weighted by Crippen LogP contribution is -2.50. The maximum atomic E-state index is 11.4. The van der Waals surface area contributed by atoms with Crippen molar-refractivity contribution in [2.75, 3.05) is 33.2 Å². The third kappa shape index (κ3) is 3.17. The summed E-state index contributed by atoms with van der Waals surface area (Å²) in [5, 5.41) is 0. The predicted octanol–water partition coefficient (Wildman–Crippen LogP) is 1.13. The Balaban J connectivity index is 2.50. The van der Waals surface area contributed by atoms with Gasteiger partial charge in [0, 0.05) is 26.2 Å². The molecule has 1 rings (SSSR count). The first-order valence-corrected chi connectivity index (χ1v) is 5.09. The number of rotatable bonds is 0. The van der Waals surface area contributed by atoms with Gasteiger partial charge in [-0.25, -0.2) is 0 Å². The largest absolute Gasteiger partial charge is 0.336 e. The third-order valence-electron chi connectivity index (χ3n) is 2.03. The van der Waals surface area contributed by atoms with Crippen molar-refractivity contribution in [3.8, 4) is 0 Å². The second-order valence-corrected chi connectivity index (χ2v) is 5.37. The molecule has 0 bridgehead atoms. The van der Waals surface area contributed by atoms with Crippen molar-refractivity contribution in [1.29, 1.82) is 0 Å². The number of alkyl halides is 3. The molecule has 6 heteroatoms. The first-order chi connectivity index (χ1) is 5.91. The minimum atomic E-state index is -1.81. The number of piperazine rings is 1. The van der Waals surface area contributed by atoms with E-state index in [9.17, 15) is 4.79 Å². The van der Waals surface area contributed by atoms with Crippen LogP contribution in [-0.4, -0.2) is 52.7 Å². The van der Waals surface area contributed by atoms with Gasteiger partial charge in [0.2, 0.25) is 0 Å². The van der Waals surface area contributed by atoms with Gasteiger partial charge in [0.25, 0.3) is 9.70 Å². The number of carbonyl (C=O) groups is 1. The minimum Gasteiger partial charge on any atom is -0.336 e. The fraction of sp³-hybridized carbons (Fsp3) is 0.857. The van der Waals surface area contributed by atoms with Crippen LogP contribution in [0.25, 0.3) is 0 Å². The Morgan fingerprint density at radius 2 is 1.62 bits per heavy atom. The highest BCUT2D eigenvalue weighted by atomic mass is 35.6. The van der Waals surface area contributed by atoms with Gasteiger partial charge in [-0.15, -0.1) is 0 Å². The van der Waals surface area contributed by atoms with Crippen LogP contribution in [0.1, 0.15) is 0 Å². The predicted molar refractivity (Wildman–Crippen MR) is 54.4 cm³/mol. The number of hydrogen-bond acceptors (Lipinski definition) is 2. The standard InChI is InChI=1S/C7H11Cl3N2O/c1-11-2-4-12(5-3-11)6(13)7(8,9)10/h2-5H2,1H3. The van der Waals surface area contributed by atoms with Crippen LogP contribution >= 0.6 is 34.8 Å². The van der Waals surface area contributed by atoms with E-state index < -0.39 is 9.70 Å². The van der Waals surface area contributed by atoms with Crippen molar-refractivity contribution in [1.82, 2.24) is 9.80 Å². The van der Waals surface area contributed by atoms with Crippen LogP contribution in [-0.2, 0) is 4.79 Å². The fourth-order valence-electron chi connectivity index (χ4n) is 1.19. The molecular weight excluding hydrogens is 234 g/mol. The lowest BCUT2D eigenvalue weighted by Gasteiger charge is -2.33. The van der Waals surface area contributed by atoms with E-state index in [-0.39, 0.29) is 0 Å². The lowest BCUT2D eigenvalue weighted by atomic mass is 10.3. The van der Waals surface area contributed by atoms with Crippen LogP contribution in [0.15, 0.2) is 0 Å². The Morgan fingerprint density at radius 1 is 1.15 bits per heavy atom. The summed E-state index contributed by atoms with van der Waals surface area (Å²) in [6.07, 6.45) is 0. The van der Waals surface area contributed by atoms with Gasteiger partial charge in [-0.05, 0) is 7.05 Å². The maximum absolute atomic E-state index is 11.4. The van der Waals surface area contributed by atoms with Crippen molar-refractivity contribution in [3.63, 3.8) is 0 Å². The summed E-state index contributed by atoms with van der Waals surface area (Å²) in [6.45, 7) is 2.91. The van der Waals surface area contributed by atoms with E-state index in [0.717, 1.165) is 13.1 Å². The molecule has 0 aromatic carbocycles. The molecular formula is C7H11Cl3N2O. The van der Waals surface area contributed by atoms with Gasteiger partial charge < -0.3 is 9.80 Å². The third-order valence-corrected chi connectivity index (χ3v) is 2.52. The minimum absolute atomic E-state index is 0.425. The van der Waals surface area contributed by atoms with E-state index in [1.807, 2.05) is 7.05 Å². The normalized spacial score (nSPS) is 20.5. The lowest BCUT2D eigenvalue weighted by molar-refractivity contribution is -0.131. The van der Waals surface area contributed by atoms with E-state index in [1.54, 1.807) is 4.90 Å². The van der Waals surface area contributed by atoms with Gasteiger partial charge in [0.1, 0.15) is 0 Å². The molecule has 1 saturated heterocycles. The smallest absolute Gasteiger partial charge is 0.274 e. The van der Waals surface area contributed by atoms with Crippen LogP contribution in [0.2, 0.25) is 0 Å². The highest BCUT2D eigenvalue weighted by Gasteiger charge is 2.35. The van der Waals surface area contributed by atoms with Gasteiger partial charge in [0.15, 0.2) is 0 Å². The van der Waals surface area contributed by atoms with Crippen LogP contribution < -0.4 is 0 Å². The van der Waals surface area contributed by atoms with Crippen molar-refractivity contribution < 1.29 is 4.79 Å². The molecule has 0 aromatic heterocycles. The second kappa shape index (κ2) is 4.22. The molecule has 1 aliphatic heterocycles. The zero-order valence-corrected chi connectivity index (χ0v) is 9.53. The van der Waals surface area contributed by atoms with Crippen molar-refractivity contribution in [2.45, 2.75) is 3.79 Å². The highest BCUT2D eigenvalue weighted by molar-refractivity contribution is 6.76. The first kappa shape index (κ1) is 11.4. The zero-order chi connectivity index (χ0) is 10.1. The zero-order valence-electron chi connectivity index (χ0n) is 7.26. The van der Waals surface area contributed by atoms with E-state index in [1.165, 1.54) is 0 Å². The highest BCUT2D eigenvalue weighted by Crippen LogP contribution is 2.28. The van der Waals surface area contributed by atoms with Crippen molar-refractivity contribution in [3.05, 3.63) is 0 Å². The van der Waals surface area contributed by atoms with Gasteiger partial charge >= 0.3 is 0 Å². The number of nitrogens with zero attached hydrogens (tertiary/aromatic N) is 2. The van der Waals surface area contributed by atoms with Crippen LogP contribution in [0.4, 0.5) is 0 Å². The number of carbonyl (C=O) groups excluding carboxylic acids is 1. The molecule has 0 radical (unpaired) electrons. The quantitative estimate of drug-likeness (QED) is 0.598. The van der Waals surface area contributed by atoms with E-state index in [4.69, 9.17) is 34.8 Å². The van der Waals surface area contributed by atoms with Crippen LogP contribution in [0, 0.1) is 0 Å². The summed E-state index contributed by atoms with van der Waals surface area (Å²) in [7, 11) is 2.00. The van der Waals surface area contributed by atoms with Gasteiger partial charge in [-0.1, -0.05) is 34.8 Å². The summed E-state index contributed by atoms with van der Waals surface area (Å²) >= 11 is 16.4. The molecule has 0 N–H and O–H groups in total. The first-order valence-electron chi connectivity index (χ1n) is 3.96. The molecule has 0 saturated carbocycles. The summed E-state index contributed by atoms with van der Waals surface area (Å²) in [4.78, 5) is 15.1. The van der Waals surface area contributed by atoms with Gasteiger partial charge in [-0.2, -0.15) is 0 Å². The number of halogens is 3. The second-order valence-electron chi connectivity index (χ2n) is 3.09. The fourth-order valence-corrected chi connectivity index (χ4v) is 1.55. The Labute approximate surface area is 92.5 Å². The average Bonchev–Trinajstić information content (AvgIpc) is 2.03. The maximum Gasteiger partial charge on any atom is 0.274 e. The summed E-state index contributed by atoms with van der Waals surface area (Å²) in [5.74, 6) is -0.425. The Kier molecular flexibility index (Phi) is 3.69. The van der Waals surface area contributed by atoms with Crippen LogP contribution in [0.5, 0.6) is 0 Å². The van der Waals surface area contributed by atoms with E-state index in [0.29, 0.717) is 13.1 Å². The SMILES string of the molecule is CN1CCN(C(=O)C(Cl)(Cl)Cl)CC1. The summed E-state index contributed by atoms with van der Waals surface area (Å²) in [5.41, 5.74) is 0. The molecule has 0 aromatic rings. The topological polar surface area (TPSA) is 23.6 Å². The van der Waals surface area contributed by atoms with Crippen molar-refractivity contribution in [2.24, 2.45) is 0 Å². The molecule has 1 aliphatic rings. The molecule has 1 heterocycles. The van der Waals surface area contributed by atoms with Crippen molar-refractivity contribution >= 4 is 40.7 Å². The molecule has 1 amide bonds. The molecule has 0 atom stereocenters. The number of hydrogen-bond donors (Lipinski definition) is 0. The molecule has 76 valence electrons. The summed E-state index contributed by atoms with van der Waals surface area (Å²) in [6, 6.07) is 0. The van der Waals surface area contributed by atoms with E-state index >= 15 is 0 Å². The Hall–Kier alpha value is 0.300. The molecule has 13 heavy (non-hydrogen) atoms. The number of amides is 1. The van der Waals surface area contributed by atoms with Crippen LogP contribution in [0.3, 0.4) is 0 Å². The van der Waals surface area contributed by atoms with E-state index in [2.05, 4.69) is 4.90 Å². The molecule has 3 nitrogen and oxygen atoms in total. The van der Waals surface area contributed by atoms with Gasteiger partial charge in [0.05, 0.1) is 0 Å². The number of likely N-dealkylation sites (N-methyl/N-ethyl adjacent to an activating group) is 1. The van der Waals surface area contributed by atoms with Gasteiger partial charge in [-0.3, -0.25) is 4.79 Å². The summed E-state index contributed by atoms with van der Waals surface area (Å²) < 4.78 is -1.81. The monoisotopic (exact) mass is 244 g/mol.